The first-order valence-corrected chi connectivity index (χ1v) is 14.3. The summed E-state index contributed by atoms with van der Waals surface area (Å²) in [5.74, 6) is 4.73. The fourth-order valence-electron chi connectivity index (χ4n) is 12.8. The van der Waals surface area contributed by atoms with Gasteiger partial charge < -0.3 is 5.11 Å². The van der Waals surface area contributed by atoms with E-state index in [0.29, 0.717) is 33.0 Å². The van der Waals surface area contributed by atoms with E-state index in [1.165, 1.54) is 64.2 Å². The summed E-state index contributed by atoms with van der Waals surface area (Å²) in [5, 5.41) is 11.0. The average Bonchev–Trinajstić information content (AvgIpc) is 2.98. The standard InChI is InChI=1S/C31H54O/c1-20-18-26(2,3)23-14-17-31(9)25(29(23,7)19-20)11-10-24-28(6)15-12-21(27(4,5)32)22(28)13-16-30(24,31)8/h20-25,32H,10-19H2,1-9H3/t20-,21?,22+,23+,24-,25-,28+,29+,30-,31-/m1/s1. The molecule has 184 valence electrons. The molecule has 5 fully saturated rings. The predicted molar refractivity (Wildman–Crippen MR) is 135 cm³/mol. The lowest BCUT2D eigenvalue weighted by molar-refractivity contribution is -0.247. The Hall–Kier alpha value is -0.0400. The molecule has 5 aliphatic carbocycles. The smallest absolute Gasteiger partial charge is 0.0622 e. The monoisotopic (exact) mass is 442 g/mol. The highest BCUT2D eigenvalue weighted by molar-refractivity contribution is 5.19. The van der Waals surface area contributed by atoms with E-state index in [4.69, 9.17) is 0 Å². The summed E-state index contributed by atoms with van der Waals surface area (Å²) in [5.41, 5.74) is 1.88. The van der Waals surface area contributed by atoms with Crippen LogP contribution in [0.15, 0.2) is 0 Å². The zero-order chi connectivity index (χ0) is 23.5. The van der Waals surface area contributed by atoms with Crippen LogP contribution in [0.1, 0.15) is 127 Å². The molecule has 10 atom stereocenters. The summed E-state index contributed by atoms with van der Waals surface area (Å²) >= 11 is 0. The van der Waals surface area contributed by atoms with Crippen LogP contribution in [0.2, 0.25) is 0 Å². The third kappa shape index (κ3) is 2.85. The Morgan fingerprint density at radius 2 is 1.22 bits per heavy atom. The molecule has 5 aliphatic rings. The lowest BCUT2D eigenvalue weighted by Crippen LogP contribution is -2.66. The Bertz CT molecular complexity index is 761. The van der Waals surface area contributed by atoms with Gasteiger partial charge in [0.25, 0.3) is 0 Å². The number of aliphatic hydroxyl groups is 1. The molecule has 5 rings (SSSR count). The van der Waals surface area contributed by atoms with Crippen molar-refractivity contribution in [1.82, 2.24) is 0 Å². The summed E-state index contributed by atoms with van der Waals surface area (Å²) in [6.45, 7) is 22.8. The SMILES string of the molecule is C[C@@H]1CC(C)(C)[C@@H]2CC[C@]3(C)[C@H](CC[C@@H]4[C@@]5(C)CCC(C(C)(C)O)[C@@H]5CC[C@]43C)[C@@]2(C)C1. The molecule has 0 aromatic carbocycles. The quantitative estimate of drug-likeness (QED) is 0.431. The minimum atomic E-state index is -0.521. The van der Waals surface area contributed by atoms with Gasteiger partial charge in [-0.25, -0.2) is 0 Å². The lowest BCUT2D eigenvalue weighted by atomic mass is 9.31. The fourth-order valence-corrected chi connectivity index (χ4v) is 12.8. The van der Waals surface area contributed by atoms with E-state index in [1.807, 2.05) is 0 Å². The molecule has 32 heavy (non-hydrogen) atoms. The third-order valence-electron chi connectivity index (χ3n) is 13.7. The van der Waals surface area contributed by atoms with Crippen molar-refractivity contribution in [1.29, 1.82) is 0 Å². The van der Waals surface area contributed by atoms with Crippen LogP contribution in [0.25, 0.3) is 0 Å². The lowest BCUT2D eigenvalue weighted by Gasteiger charge is -2.73. The first kappa shape index (κ1) is 23.7. The second-order valence-electron chi connectivity index (χ2n) is 16.1. The zero-order valence-electron chi connectivity index (χ0n) is 23.0. The number of hydrogen-bond donors (Lipinski definition) is 1. The molecule has 1 unspecified atom stereocenters. The van der Waals surface area contributed by atoms with Crippen molar-refractivity contribution in [3.05, 3.63) is 0 Å². The predicted octanol–water partition coefficient (Wildman–Crippen LogP) is 8.49. The molecule has 0 aliphatic heterocycles. The van der Waals surface area contributed by atoms with E-state index in [9.17, 15) is 5.11 Å². The summed E-state index contributed by atoms with van der Waals surface area (Å²) < 4.78 is 0. The highest BCUT2D eigenvalue weighted by Gasteiger charge is 2.70. The topological polar surface area (TPSA) is 20.2 Å². The first-order valence-electron chi connectivity index (χ1n) is 14.3. The van der Waals surface area contributed by atoms with Crippen LogP contribution in [0.5, 0.6) is 0 Å². The molecule has 0 amide bonds. The van der Waals surface area contributed by atoms with Crippen molar-refractivity contribution in [3.8, 4) is 0 Å². The van der Waals surface area contributed by atoms with Crippen LogP contribution < -0.4 is 0 Å². The zero-order valence-corrected chi connectivity index (χ0v) is 23.0. The van der Waals surface area contributed by atoms with Crippen LogP contribution >= 0.6 is 0 Å². The molecule has 0 radical (unpaired) electrons. The van der Waals surface area contributed by atoms with Gasteiger partial charge in [0.05, 0.1) is 5.60 Å². The van der Waals surface area contributed by atoms with Crippen molar-refractivity contribution >= 4 is 0 Å². The van der Waals surface area contributed by atoms with Crippen molar-refractivity contribution < 1.29 is 5.11 Å². The Balaban J connectivity index is 1.52. The van der Waals surface area contributed by atoms with E-state index in [2.05, 4.69) is 62.3 Å². The molecular weight excluding hydrogens is 388 g/mol. The van der Waals surface area contributed by atoms with E-state index in [0.717, 1.165) is 29.6 Å². The van der Waals surface area contributed by atoms with Crippen molar-refractivity contribution in [3.63, 3.8) is 0 Å². The Labute approximate surface area is 199 Å². The van der Waals surface area contributed by atoms with Crippen molar-refractivity contribution in [2.24, 2.45) is 62.6 Å². The van der Waals surface area contributed by atoms with E-state index in [-0.39, 0.29) is 0 Å². The molecular formula is C31H54O. The fraction of sp³-hybridized carbons (Fsp3) is 1.00. The second kappa shape index (κ2) is 6.79. The van der Waals surface area contributed by atoms with Crippen LogP contribution in [-0.4, -0.2) is 10.7 Å². The van der Waals surface area contributed by atoms with Crippen molar-refractivity contribution in [2.75, 3.05) is 0 Å². The number of rotatable bonds is 1. The maximum Gasteiger partial charge on any atom is 0.0622 e. The number of hydrogen-bond acceptors (Lipinski definition) is 1. The van der Waals surface area contributed by atoms with Gasteiger partial charge in [0.1, 0.15) is 0 Å². The van der Waals surface area contributed by atoms with E-state index >= 15 is 0 Å². The van der Waals surface area contributed by atoms with E-state index < -0.39 is 5.60 Å². The van der Waals surface area contributed by atoms with Gasteiger partial charge in [0, 0.05) is 0 Å². The van der Waals surface area contributed by atoms with Gasteiger partial charge in [0.15, 0.2) is 0 Å². The molecule has 0 bridgehead atoms. The van der Waals surface area contributed by atoms with Gasteiger partial charge in [-0.05, 0) is 141 Å². The Kier molecular flexibility index (Phi) is 5.03. The largest absolute Gasteiger partial charge is 0.390 e. The van der Waals surface area contributed by atoms with Crippen LogP contribution in [0.3, 0.4) is 0 Å². The minimum absolute atomic E-state index is 0.433. The highest BCUT2D eigenvalue weighted by Crippen LogP contribution is 2.78. The van der Waals surface area contributed by atoms with Gasteiger partial charge in [0.2, 0.25) is 0 Å². The van der Waals surface area contributed by atoms with Crippen LogP contribution in [0, 0.1) is 62.6 Å². The van der Waals surface area contributed by atoms with Crippen LogP contribution in [0.4, 0.5) is 0 Å². The molecule has 0 spiro atoms. The summed E-state index contributed by atoms with van der Waals surface area (Å²) in [4.78, 5) is 0. The summed E-state index contributed by atoms with van der Waals surface area (Å²) in [7, 11) is 0. The third-order valence-corrected chi connectivity index (χ3v) is 13.7. The Morgan fingerprint density at radius 1 is 0.656 bits per heavy atom. The Morgan fingerprint density at radius 3 is 1.81 bits per heavy atom. The molecule has 5 saturated carbocycles. The van der Waals surface area contributed by atoms with E-state index in [1.54, 1.807) is 0 Å². The van der Waals surface area contributed by atoms with Crippen molar-refractivity contribution in [2.45, 2.75) is 132 Å². The highest BCUT2D eigenvalue weighted by atomic mass is 16.3. The van der Waals surface area contributed by atoms with Gasteiger partial charge in [-0.1, -0.05) is 48.5 Å². The molecule has 1 nitrogen and oxygen atoms in total. The second-order valence-corrected chi connectivity index (χ2v) is 16.1. The van der Waals surface area contributed by atoms with Gasteiger partial charge >= 0.3 is 0 Å². The normalized spacial score (nSPS) is 57.2. The maximum atomic E-state index is 11.0. The molecule has 0 aromatic heterocycles. The molecule has 1 N–H and O–H groups in total. The first-order chi connectivity index (χ1) is 14.6. The van der Waals surface area contributed by atoms with Crippen LogP contribution in [-0.2, 0) is 0 Å². The molecule has 0 aromatic rings. The number of fused-ring (bicyclic) bond motifs is 7. The molecule has 0 heterocycles. The molecule has 0 saturated heterocycles. The summed E-state index contributed by atoms with van der Waals surface area (Å²) in [6.07, 6.45) is 14.0. The van der Waals surface area contributed by atoms with Gasteiger partial charge in [-0.15, -0.1) is 0 Å². The van der Waals surface area contributed by atoms with Gasteiger partial charge in [-0.2, -0.15) is 0 Å². The van der Waals surface area contributed by atoms with Gasteiger partial charge in [-0.3, -0.25) is 0 Å². The summed E-state index contributed by atoms with van der Waals surface area (Å²) in [6, 6.07) is 0. The maximum absolute atomic E-state index is 11.0. The average molecular weight is 443 g/mol. The molecule has 1 heteroatoms. The minimum Gasteiger partial charge on any atom is -0.390 e.